The Morgan fingerprint density at radius 1 is 1.42 bits per heavy atom. The molecule has 0 saturated heterocycles. The van der Waals surface area contributed by atoms with Crippen molar-refractivity contribution in [1.29, 1.82) is 0 Å². The lowest BCUT2D eigenvalue weighted by Crippen LogP contribution is -2.48. The smallest absolute Gasteiger partial charge is 0.224 e. The Labute approximate surface area is 122 Å². The molecule has 3 nitrogen and oxygen atoms in total. The first-order chi connectivity index (χ1) is 9.17. The maximum absolute atomic E-state index is 12.2. The Morgan fingerprint density at radius 3 is 2.79 bits per heavy atom. The first-order valence-electron chi connectivity index (χ1n) is 6.67. The number of ether oxygens (including phenoxy) is 1. The Balaban J connectivity index is 1.96. The molecule has 0 aromatic heterocycles. The molecule has 1 fully saturated rings. The largest absolute Gasteiger partial charge is 0.497 e. The number of amides is 1. The highest BCUT2D eigenvalue weighted by Crippen LogP contribution is 2.31. The molecule has 1 aliphatic rings. The van der Waals surface area contributed by atoms with Crippen molar-refractivity contribution in [2.45, 2.75) is 37.6 Å². The van der Waals surface area contributed by atoms with Gasteiger partial charge in [0.2, 0.25) is 5.91 Å². The topological polar surface area (TPSA) is 38.3 Å². The molecular weight excluding hydrogens is 306 g/mol. The average Bonchev–Trinajstić information content (AvgIpc) is 2.88. The second-order valence-corrected chi connectivity index (χ2v) is 5.76. The molecule has 0 atom stereocenters. The summed E-state index contributed by atoms with van der Waals surface area (Å²) in [6, 6.07) is 7.67. The van der Waals surface area contributed by atoms with Crippen molar-refractivity contribution in [3.05, 3.63) is 29.8 Å². The van der Waals surface area contributed by atoms with Gasteiger partial charge in [-0.1, -0.05) is 40.9 Å². The molecule has 104 valence electrons. The van der Waals surface area contributed by atoms with Gasteiger partial charge in [0.15, 0.2) is 0 Å². The van der Waals surface area contributed by atoms with E-state index < -0.39 is 0 Å². The van der Waals surface area contributed by atoms with Crippen molar-refractivity contribution in [1.82, 2.24) is 5.32 Å². The molecule has 19 heavy (non-hydrogen) atoms. The fraction of sp³-hybridized carbons (Fsp3) is 0.533. The van der Waals surface area contributed by atoms with Crippen LogP contribution in [0, 0.1) is 0 Å². The predicted octanol–water partition coefficient (Wildman–Crippen LogP) is 3.06. The van der Waals surface area contributed by atoms with Gasteiger partial charge >= 0.3 is 0 Å². The van der Waals surface area contributed by atoms with E-state index in [1.807, 2.05) is 24.3 Å². The Bertz CT molecular complexity index is 442. The maximum atomic E-state index is 12.2. The van der Waals surface area contributed by atoms with E-state index in [1.165, 1.54) is 12.8 Å². The lowest BCUT2D eigenvalue weighted by Gasteiger charge is -2.28. The van der Waals surface area contributed by atoms with Crippen LogP contribution in [-0.4, -0.2) is 23.9 Å². The fourth-order valence-corrected chi connectivity index (χ4v) is 3.35. The lowest BCUT2D eigenvalue weighted by atomic mass is 10.00. The predicted molar refractivity (Wildman–Crippen MR) is 79.8 cm³/mol. The van der Waals surface area contributed by atoms with Gasteiger partial charge < -0.3 is 10.1 Å². The summed E-state index contributed by atoms with van der Waals surface area (Å²) in [5.41, 5.74) is 0.954. The molecule has 0 heterocycles. The van der Waals surface area contributed by atoms with Crippen molar-refractivity contribution in [2.75, 3.05) is 12.4 Å². The second kappa shape index (κ2) is 6.42. The minimum atomic E-state index is -0.0318. The van der Waals surface area contributed by atoms with Crippen molar-refractivity contribution < 1.29 is 9.53 Å². The molecule has 1 N–H and O–H groups in total. The zero-order chi connectivity index (χ0) is 13.7. The van der Waals surface area contributed by atoms with E-state index >= 15 is 0 Å². The van der Waals surface area contributed by atoms with Crippen LogP contribution in [0.25, 0.3) is 0 Å². The number of carbonyl (C=O) groups is 1. The minimum absolute atomic E-state index is 0.0318. The highest BCUT2D eigenvalue weighted by atomic mass is 79.9. The summed E-state index contributed by atoms with van der Waals surface area (Å²) in [7, 11) is 1.64. The van der Waals surface area contributed by atoms with Crippen molar-refractivity contribution in [2.24, 2.45) is 0 Å². The first kappa shape index (κ1) is 14.4. The number of halogens is 1. The van der Waals surface area contributed by atoms with Crippen molar-refractivity contribution in [3.63, 3.8) is 0 Å². The molecule has 1 amide bonds. The number of methoxy groups -OCH3 is 1. The molecule has 0 bridgehead atoms. The Kier molecular flexibility index (Phi) is 4.86. The molecule has 1 saturated carbocycles. The van der Waals surface area contributed by atoms with Gasteiger partial charge in [-0.15, -0.1) is 0 Å². The van der Waals surface area contributed by atoms with Gasteiger partial charge in [-0.05, 0) is 30.5 Å². The van der Waals surface area contributed by atoms with Crippen LogP contribution in [0.15, 0.2) is 24.3 Å². The number of rotatable bonds is 5. The van der Waals surface area contributed by atoms with Gasteiger partial charge in [0, 0.05) is 10.9 Å². The van der Waals surface area contributed by atoms with Crippen molar-refractivity contribution in [3.8, 4) is 5.75 Å². The summed E-state index contributed by atoms with van der Waals surface area (Å²) < 4.78 is 5.17. The maximum Gasteiger partial charge on any atom is 0.224 e. The van der Waals surface area contributed by atoms with E-state index in [0.29, 0.717) is 6.42 Å². The van der Waals surface area contributed by atoms with E-state index in [-0.39, 0.29) is 11.4 Å². The summed E-state index contributed by atoms with van der Waals surface area (Å²) >= 11 is 3.54. The van der Waals surface area contributed by atoms with Crippen LogP contribution in [0.2, 0.25) is 0 Å². The third kappa shape index (κ3) is 3.72. The van der Waals surface area contributed by atoms with Crippen LogP contribution >= 0.6 is 15.9 Å². The zero-order valence-electron chi connectivity index (χ0n) is 11.2. The first-order valence-corrected chi connectivity index (χ1v) is 7.79. The number of alkyl halides is 1. The lowest BCUT2D eigenvalue weighted by molar-refractivity contribution is -0.122. The van der Waals surface area contributed by atoms with Crippen LogP contribution in [0.3, 0.4) is 0 Å². The molecule has 0 radical (unpaired) electrons. The number of hydrogen-bond acceptors (Lipinski definition) is 2. The standard InChI is InChI=1S/C15H20BrNO2/c1-19-13-6-4-5-12(9-13)10-14(18)17-15(11-16)7-2-3-8-15/h4-6,9H,2-3,7-8,10-11H2,1H3,(H,17,18). The Morgan fingerprint density at radius 2 is 2.16 bits per heavy atom. The molecule has 0 unspecified atom stereocenters. The molecular formula is C15H20BrNO2. The van der Waals surface area contributed by atoms with Gasteiger partial charge in [0.1, 0.15) is 5.75 Å². The van der Waals surface area contributed by atoms with Gasteiger partial charge in [0.05, 0.1) is 13.5 Å². The number of hydrogen-bond donors (Lipinski definition) is 1. The van der Waals surface area contributed by atoms with Crippen LogP contribution in [0.5, 0.6) is 5.75 Å². The van der Waals surface area contributed by atoms with Crippen LogP contribution in [0.1, 0.15) is 31.2 Å². The van der Waals surface area contributed by atoms with Crippen LogP contribution in [0.4, 0.5) is 0 Å². The summed E-state index contributed by atoms with van der Waals surface area (Å²) in [5.74, 6) is 0.885. The van der Waals surface area contributed by atoms with Crippen LogP contribution < -0.4 is 10.1 Å². The van der Waals surface area contributed by atoms with Gasteiger partial charge in [-0.2, -0.15) is 0 Å². The summed E-state index contributed by atoms with van der Waals surface area (Å²) in [5, 5.41) is 4.04. The third-order valence-corrected chi connectivity index (χ3v) is 4.79. The normalized spacial score (nSPS) is 17.2. The SMILES string of the molecule is COc1cccc(CC(=O)NC2(CBr)CCCC2)c1. The Hall–Kier alpha value is -1.03. The quantitative estimate of drug-likeness (QED) is 0.845. The second-order valence-electron chi connectivity index (χ2n) is 5.20. The van der Waals surface area contributed by atoms with Gasteiger partial charge in [-0.25, -0.2) is 0 Å². The molecule has 2 rings (SSSR count). The fourth-order valence-electron chi connectivity index (χ4n) is 2.65. The molecule has 4 heteroatoms. The van der Waals surface area contributed by atoms with Crippen molar-refractivity contribution >= 4 is 21.8 Å². The molecule has 0 spiro atoms. The number of carbonyl (C=O) groups excluding carboxylic acids is 1. The van der Waals surface area contributed by atoms with Crippen LogP contribution in [-0.2, 0) is 11.2 Å². The molecule has 1 aromatic carbocycles. The zero-order valence-corrected chi connectivity index (χ0v) is 12.8. The van der Waals surface area contributed by atoms with E-state index in [0.717, 1.165) is 29.5 Å². The highest BCUT2D eigenvalue weighted by Gasteiger charge is 2.33. The number of nitrogens with one attached hydrogen (secondary N) is 1. The average molecular weight is 326 g/mol. The van der Waals surface area contributed by atoms with E-state index in [2.05, 4.69) is 21.2 Å². The molecule has 1 aromatic rings. The summed E-state index contributed by atoms with van der Waals surface area (Å²) in [6.45, 7) is 0. The summed E-state index contributed by atoms with van der Waals surface area (Å²) in [6.07, 6.45) is 4.95. The number of benzene rings is 1. The van der Waals surface area contributed by atoms with Gasteiger partial charge in [0.25, 0.3) is 0 Å². The van der Waals surface area contributed by atoms with E-state index in [1.54, 1.807) is 7.11 Å². The summed E-state index contributed by atoms with van der Waals surface area (Å²) in [4.78, 5) is 12.2. The minimum Gasteiger partial charge on any atom is -0.497 e. The highest BCUT2D eigenvalue weighted by molar-refractivity contribution is 9.09. The third-order valence-electron chi connectivity index (χ3n) is 3.72. The van der Waals surface area contributed by atoms with Gasteiger partial charge in [-0.3, -0.25) is 4.79 Å². The monoisotopic (exact) mass is 325 g/mol. The van der Waals surface area contributed by atoms with E-state index in [4.69, 9.17) is 4.74 Å². The van der Waals surface area contributed by atoms with E-state index in [9.17, 15) is 4.79 Å². The molecule has 1 aliphatic carbocycles. The molecule has 0 aliphatic heterocycles.